The van der Waals surface area contributed by atoms with Gasteiger partial charge in [-0.05, 0) is 60.2 Å². The van der Waals surface area contributed by atoms with Crippen molar-refractivity contribution in [1.29, 1.82) is 0 Å². The van der Waals surface area contributed by atoms with E-state index < -0.39 is 0 Å². The van der Waals surface area contributed by atoms with Crippen LogP contribution in [0.4, 0.5) is 11.4 Å². The molecule has 169 valence electrons. The molecular formula is C31H37BN. The van der Waals surface area contributed by atoms with Crippen LogP contribution in [0.5, 0.6) is 0 Å². The predicted molar refractivity (Wildman–Crippen MR) is 150 cm³/mol. The summed E-state index contributed by atoms with van der Waals surface area (Å²) in [6, 6.07) is 19.2. The standard InChI is InChI=1S/C31H37BN/c1-8-10-11-12-14-18-25(3)30(31(4,5)6)24-27(9-2)33(28-20-15-13-16-21-28)29-22-17-19-26(23-29)32-7/h8-17,19-24H,1,3,18H2,2,4-7H3/b11-10-,14-12-,27-9+,30-24+. The number of benzene rings is 2. The molecule has 1 nitrogen and oxygen atoms in total. The molecule has 0 bridgehead atoms. The summed E-state index contributed by atoms with van der Waals surface area (Å²) >= 11 is 0. The summed E-state index contributed by atoms with van der Waals surface area (Å²) in [4.78, 5) is 2.31. The van der Waals surface area contributed by atoms with Gasteiger partial charge in [-0.15, -0.1) is 0 Å². The van der Waals surface area contributed by atoms with E-state index in [0.717, 1.165) is 29.1 Å². The van der Waals surface area contributed by atoms with Crippen molar-refractivity contribution in [3.8, 4) is 0 Å². The molecule has 0 N–H and O–H groups in total. The maximum atomic E-state index is 4.44. The van der Waals surface area contributed by atoms with Gasteiger partial charge in [0.25, 0.3) is 0 Å². The molecule has 1 radical (unpaired) electrons. The minimum absolute atomic E-state index is 0.0441. The van der Waals surface area contributed by atoms with E-state index in [4.69, 9.17) is 0 Å². The number of hydrogen-bond donors (Lipinski definition) is 0. The Hall–Kier alpha value is -3.26. The Morgan fingerprint density at radius 1 is 0.970 bits per heavy atom. The van der Waals surface area contributed by atoms with Crippen LogP contribution >= 0.6 is 0 Å². The Kier molecular flexibility index (Phi) is 10.0. The lowest BCUT2D eigenvalue weighted by atomic mass is 9.73. The summed E-state index contributed by atoms with van der Waals surface area (Å²) in [5, 5.41) is 0. The third-order valence-electron chi connectivity index (χ3n) is 5.37. The van der Waals surface area contributed by atoms with Crippen LogP contribution in [0.1, 0.15) is 34.1 Å². The van der Waals surface area contributed by atoms with Crippen molar-refractivity contribution in [2.75, 3.05) is 4.90 Å². The second kappa shape index (κ2) is 12.7. The van der Waals surface area contributed by atoms with Gasteiger partial charge in [0.15, 0.2) is 0 Å². The van der Waals surface area contributed by atoms with Crippen molar-refractivity contribution in [1.82, 2.24) is 0 Å². The molecule has 33 heavy (non-hydrogen) atoms. The van der Waals surface area contributed by atoms with E-state index >= 15 is 0 Å². The fraction of sp³-hybridized carbons (Fsp3) is 0.226. The van der Waals surface area contributed by atoms with Crippen LogP contribution in [-0.2, 0) is 0 Å². The lowest BCUT2D eigenvalue weighted by molar-refractivity contribution is 0.508. The molecule has 0 saturated carbocycles. The lowest BCUT2D eigenvalue weighted by Crippen LogP contribution is -2.20. The first-order valence-electron chi connectivity index (χ1n) is 11.6. The average molecular weight is 434 g/mol. The van der Waals surface area contributed by atoms with E-state index in [1.807, 2.05) is 18.2 Å². The molecule has 2 rings (SSSR count). The Bertz CT molecular complexity index is 1050. The van der Waals surface area contributed by atoms with Crippen molar-refractivity contribution in [3.63, 3.8) is 0 Å². The van der Waals surface area contributed by atoms with E-state index in [1.54, 1.807) is 6.08 Å². The molecule has 0 aromatic heterocycles. The monoisotopic (exact) mass is 434 g/mol. The molecule has 0 spiro atoms. The number of nitrogens with zero attached hydrogens (tertiary/aromatic N) is 1. The van der Waals surface area contributed by atoms with Gasteiger partial charge in [0.1, 0.15) is 7.28 Å². The van der Waals surface area contributed by atoms with Gasteiger partial charge in [-0.25, -0.2) is 0 Å². The van der Waals surface area contributed by atoms with Crippen LogP contribution in [0.2, 0.25) is 6.82 Å². The number of para-hydroxylation sites is 1. The average Bonchev–Trinajstić information content (AvgIpc) is 2.81. The Morgan fingerprint density at radius 2 is 1.67 bits per heavy atom. The SMILES string of the molecule is C=C/C=C\C=C/CC(=C)/C(=C\C(=C/C)N(c1ccccc1)c1cccc([B]C)c1)C(C)(C)C. The first-order valence-corrected chi connectivity index (χ1v) is 11.6. The van der Waals surface area contributed by atoms with Crippen LogP contribution in [0.3, 0.4) is 0 Å². The van der Waals surface area contributed by atoms with Gasteiger partial charge >= 0.3 is 0 Å². The molecular weight excluding hydrogens is 397 g/mol. The zero-order valence-corrected chi connectivity index (χ0v) is 20.9. The Morgan fingerprint density at radius 3 is 2.27 bits per heavy atom. The Balaban J connectivity index is 2.55. The molecule has 0 aliphatic rings. The van der Waals surface area contributed by atoms with Crippen LogP contribution in [0.15, 0.2) is 127 Å². The van der Waals surface area contributed by atoms with Crippen LogP contribution < -0.4 is 10.4 Å². The van der Waals surface area contributed by atoms with Gasteiger partial charge in [-0.3, -0.25) is 0 Å². The molecule has 0 saturated heterocycles. The van der Waals surface area contributed by atoms with Gasteiger partial charge in [-0.2, -0.15) is 0 Å². The molecule has 2 aromatic rings. The minimum atomic E-state index is -0.0441. The van der Waals surface area contributed by atoms with Gasteiger partial charge in [0.2, 0.25) is 0 Å². The van der Waals surface area contributed by atoms with Gasteiger partial charge in [0.05, 0.1) is 0 Å². The molecule has 2 aromatic carbocycles. The van der Waals surface area contributed by atoms with Gasteiger partial charge in [-0.1, -0.05) is 113 Å². The summed E-state index contributed by atoms with van der Waals surface area (Å²) < 4.78 is 0. The highest BCUT2D eigenvalue weighted by Gasteiger charge is 2.22. The first-order chi connectivity index (χ1) is 15.8. The molecule has 0 amide bonds. The topological polar surface area (TPSA) is 3.24 Å². The van der Waals surface area contributed by atoms with Gasteiger partial charge < -0.3 is 4.90 Å². The van der Waals surface area contributed by atoms with Crippen molar-refractivity contribution in [2.45, 2.75) is 40.9 Å². The fourth-order valence-electron chi connectivity index (χ4n) is 3.68. The second-order valence-electron chi connectivity index (χ2n) is 8.93. The predicted octanol–water partition coefficient (Wildman–Crippen LogP) is 8.32. The molecule has 2 heteroatoms. The van der Waals surface area contributed by atoms with Crippen molar-refractivity contribution in [3.05, 3.63) is 127 Å². The number of allylic oxidation sites excluding steroid dienone is 9. The highest BCUT2D eigenvalue weighted by Crippen LogP contribution is 2.36. The van der Waals surface area contributed by atoms with Crippen molar-refractivity contribution < 1.29 is 0 Å². The van der Waals surface area contributed by atoms with Crippen LogP contribution in [0.25, 0.3) is 0 Å². The number of hydrogen-bond acceptors (Lipinski definition) is 1. The Labute approximate surface area is 202 Å². The smallest absolute Gasteiger partial charge is 0.148 e. The summed E-state index contributed by atoms with van der Waals surface area (Å²) in [5.41, 5.74) is 6.90. The van der Waals surface area contributed by atoms with Crippen LogP contribution in [-0.4, -0.2) is 7.28 Å². The molecule has 0 atom stereocenters. The maximum Gasteiger partial charge on any atom is 0.148 e. The minimum Gasteiger partial charge on any atom is -0.311 e. The fourth-order valence-corrected chi connectivity index (χ4v) is 3.68. The number of rotatable bonds is 10. The van der Waals surface area contributed by atoms with Crippen molar-refractivity contribution >= 4 is 24.1 Å². The molecule has 0 fully saturated rings. The zero-order chi connectivity index (χ0) is 24.3. The second-order valence-corrected chi connectivity index (χ2v) is 8.93. The molecule has 0 unspecified atom stereocenters. The van der Waals surface area contributed by atoms with E-state index in [-0.39, 0.29) is 5.41 Å². The van der Waals surface area contributed by atoms with Gasteiger partial charge in [0, 0.05) is 17.1 Å². The van der Waals surface area contributed by atoms with E-state index in [9.17, 15) is 0 Å². The summed E-state index contributed by atoms with van der Waals surface area (Å²) in [6.45, 7) is 19.1. The highest BCUT2D eigenvalue weighted by molar-refractivity contribution is 6.52. The van der Waals surface area contributed by atoms with Crippen LogP contribution in [0, 0.1) is 5.41 Å². The summed E-state index contributed by atoms with van der Waals surface area (Å²) in [5.74, 6) is 0. The molecule has 0 aliphatic heterocycles. The van der Waals surface area contributed by atoms with E-state index in [2.05, 4.69) is 133 Å². The largest absolute Gasteiger partial charge is 0.311 e. The van der Waals surface area contributed by atoms with Crippen molar-refractivity contribution in [2.24, 2.45) is 5.41 Å². The highest BCUT2D eigenvalue weighted by atomic mass is 15.1. The summed E-state index contributed by atoms with van der Waals surface area (Å²) in [7, 11) is 2.13. The number of anilines is 2. The van der Waals surface area contributed by atoms with E-state index in [1.165, 1.54) is 11.0 Å². The lowest BCUT2D eigenvalue weighted by Gasteiger charge is -2.30. The third kappa shape index (κ3) is 7.68. The summed E-state index contributed by atoms with van der Waals surface area (Å²) in [6.07, 6.45) is 15.2. The quantitative estimate of drug-likeness (QED) is 0.268. The van der Waals surface area contributed by atoms with E-state index in [0.29, 0.717) is 0 Å². The third-order valence-corrected chi connectivity index (χ3v) is 5.37. The molecule has 0 heterocycles. The molecule has 0 aliphatic carbocycles. The normalized spacial score (nSPS) is 12.9. The zero-order valence-electron chi connectivity index (χ0n) is 20.9. The first kappa shape index (κ1) is 26.0. The maximum absolute atomic E-state index is 4.44.